The van der Waals surface area contributed by atoms with Crippen LogP contribution >= 0.6 is 11.8 Å². The Hall–Kier alpha value is -3.06. The van der Waals surface area contributed by atoms with Gasteiger partial charge in [-0.2, -0.15) is 0 Å². The van der Waals surface area contributed by atoms with E-state index in [1.54, 1.807) is 41.3 Å². The molecule has 0 aromatic heterocycles. The lowest BCUT2D eigenvalue weighted by Gasteiger charge is -2.30. The minimum Gasteiger partial charge on any atom is -0.504 e. The summed E-state index contributed by atoms with van der Waals surface area (Å²) in [5.74, 6) is -0.146. The second kappa shape index (κ2) is 10.3. The highest BCUT2D eigenvalue weighted by molar-refractivity contribution is 8.18. The molecule has 5 nitrogen and oxygen atoms in total. The molecule has 1 N–H and O–H groups in total. The van der Waals surface area contributed by atoms with Crippen LogP contribution in [-0.4, -0.2) is 34.2 Å². The highest BCUT2D eigenvalue weighted by atomic mass is 32.2. The van der Waals surface area contributed by atoms with E-state index in [4.69, 9.17) is 4.74 Å². The lowest BCUT2D eigenvalue weighted by molar-refractivity contribution is -0.124. The maximum atomic E-state index is 14.3. The Bertz CT molecular complexity index is 1120. The predicted molar refractivity (Wildman–Crippen MR) is 131 cm³/mol. The normalized spacial score (nSPS) is 19.5. The first-order valence-electron chi connectivity index (χ1n) is 11.1. The van der Waals surface area contributed by atoms with Gasteiger partial charge in [-0.3, -0.25) is 9.69 Å². The van der Waals surface area contributed by atoms with Gasteiger partial charge in [-0.05, 0) is 66.9 Å². The molecule has 0 radical (unpaired) electrons. The van der Waals surface area contributed by atoms with Crippen LogP contribution in [0.15, 0.2) is 59.0 Å². The van der Waals surface area contributed by atoms with Gasteiger partial charge in [0, 0.05) is 11.6 Å². The van der Waals surface area contributed by atoms with Gasteiger partial charge in [-0.15, -0.1) is 6.58 Å². The number of aliphatic imine (C=N–C) groups is 1. The monoisotopic (exact) mass is 466 g/mol. The topological polar surface area (TPSA) is 62.1 Å². The summed E-state index contributed by atoms with van der Waals surface area (Å²) >= 11 is 1.25. The van der Waals surface area contributed by atoms with Gasteiger partial charge in [-0.25, -0.2) is 9.38 Å². The second-order valence-electron chi connectivity index (χ2n) is 8.15. The number of amides is 1. The number of amidine groups is 1. The molecule has 2 aromatic rings. The Morgan fingerprint density at radius 1 is 1.27 bits per heavy atom. The number of para-hydroxylation sites is 1. The van der Waals surface area contributed by atoms with Crippen molar-refractivity contribution in [3.05, 3.63) is 70.9 Å². The molecule has 33 heavy (non-hydrogen) atoms. The van der Waals surface area contributed by atoms with Crippen LogP contribution in [0.2, 0.25) is 0 Å². The fourth-order valence-corrected chi connectivity index (χ4v) is 5.31. The number of phenolic OH excluding ortho intramolecular Hbond substituents is 1. The van der Waals surface area contributed by atoms with E-state index in [9.17, 15) is 14.3 Å². The van der Waals surface area contributed by atoms with Crippen molar-refractivity contribution in [1.82, 2.24) is 4.90 Å². The lowest BCUT2D eigenvalue weighted by atomic mass is 9.94. The Labute approximate surface area is 197 Å². The van der Waals surface area contributed by atoms with Crippen molar-refractivity contribution >= 4 is 34.6 Å². The molecule has 172 valence electrons. The average molecular weight is 467 g/mol. The number of aromatic hydroxyl groups is 1. The first kappa shape index (κ1) is 23.1. The Morgan fingerprint density at radius 2 is 2.03 bits per heavy atom. The van der Waals surface area contributed by atoms with E-state index >= 15 is 0 Å². The van der Waals surface area contributed by atoms with Crippen molar-refractivity contribution in [3.8, 4) is 11.5 Å². The number of methoxy groups -OCH3 is 1. The van der Waals surface area contributed by atoms with Crippen LogP contribution in [0.25, 0.3) is 6.08 Å². The molecule has 0 bridgehead atoms. The van der Waals surface area contributed by atoms with Gasteiger partial charge in [0.05, 0.1) is 12.0 Å². The molecule has 1 saturated carbocycles. The number of benzene rings is 2. The average Bonchev–Trinajstić information content (AvgIpc) is 3.12. The summed E-state index contributed by atoms with van der Waals surface area (Å²) in [5.41, 5.74) is 1.61. The number of rotatable bonds is 6. The first-order valence-corrected chi connectivity index (χ1v) is 11.9. The number of carbonyl (C=O) groups is 1. The highest BCUT2D eigenvalue weighted by Crippen LogP contribution is 2.40. The summed E-state index contributed by atoms with van der Waals surface area (Å²) in [6.45, 7) is 3.74. The number of halogens is 1. The summed E-state index contributed by atoms with van der Waals surface area (Å²) in [7, 11) is 1.49. The first-order chi connectivity index (χ1) is 16.0. The van der Waals surface area contributed by atoms with Gasteiger partial charge >= 0.3 is 0 Å². The van der Waals surface area contributed by atoms with Crippen LogP contribution in [0.1, 0.15) is 43.2 Å². The fraction of sp³-hybridized carbons (Fsp3) is 0.308. The summed E-state index contributed by atoms with van der Waals surface area (Å²) in [6.07, 6.45) is 9.04. The van der Waals surface area contributed by atoms with Crippen LogP contribution < -0.4 is 4.74 Å². The zero-order valence-corrected chi connectivity index (χ0v) is 19.4. The molecule has 1 aliphatic carbocycles. The van der Waals surface area contributed by atoms with Crippen molar-refractivity contribution in [3.63, 3.8) is 0 Å². The Kier molecular flexibility index (Phi) is 7.18. The van der Waals surface area contributed by atoms with Crippen molar-refractivity contribution in [2.24, 2.45) is 4.99 Å². The Balaban J connectivity index is 1.75. The molecule has 0 unspecified atom stereocenters. The maximum absolute atomic E-state index is 14.3. The van der Waals surface area contributed by atoms with Crippen molar-refractivity contribution in [2.45, 2.75) is 44.6 Å². The predicted octanol–water partition coefficient (Wildman–Crippen LogP) is 6.21. The largest absolute Gasteiger partial charge is 0.504 e. The molecule has 1 amide bonds. The summed E-state index contributed by atoms with van der Waals surface area (Å²) in [5, 5.41) is 10.9. The minimum atomic E-state index is -0.420. The number of ether oxygens (including phenoxy) is 1. The molecular weight excluding hydrogens is 439 g/mol. The van der Waals surface area contributed by atoms with Crippen LogP contribution in [0.5, 0.6) is 11.5 Å². The zero-order chi connectivity index (χ0) is 23.4. The number of hydrogen-bond acceptors (Lipinski definition) is 5. The fourth-order valence-electron chi connectivity index (χ4n) is 4.26. The van der Waals surface area contributed by atoms with E-state index in [-0.39, 0.29) is 23.4 Å². The van der Waals surface area contributed by atoms with E-state index in [1.165, 1.54) is 24.9 Å². The van der Waals surface area contributed by atoms with Crippen LogP contribution in [0, 0.1) is 5.82 Å². The summed E-state index contributed by atoms with van der Waals surface area (Å²) in [4.78, 5) is 20.3. The number of phenols is 1. The summed E-state index contributed by atoms with van der Waals surface area (Å²) < 4.78 is 19.6. The van der Waals surface area contributed by atoms with Gasteiger partial charge in [0.2, 0.25) is 0 Å². The van der Waals surface area contributed by atoms with E-state index in [0.29, 0.717) is 27.8 Å². The highest BCUT2D eigenvalue weighted by Gasteiger charge is 2.38. The van der Waals surface area contributed by atoms with Crippen molar-refractivity contribution in [1.29, 1.82) is 0 Å². The third-order valence-corrected chi connectivity index (χ3v) is 6.89. The summed E-state index contributed by atoms with van der Waals surface area (Å²) in [6, 6.07) is 9.90. The van der Waals surface area contributed by atoms with E-state index in [0.717, 1.165) is 37.7 Å². The maximum Gasteiger partial charge on any atom is 0.267 e. The smallest absolute Gasteiger partial charge is 0.267 e. The molecule has 0 spiro atoms. The third kappa shape index (κ3) is 4.98. The molecule has 4 rings (SSSR count). The number of hydrogen-bond donors (Lipinski definition) is 1. The van der Waals surface area contributed by atoms with Gasteiger partial charge in [0.25, 0.3) is 5.91 Å². The number of carbonyl (C=O) groups excluding carboxylic acids is 1. The van der Waals surface area contributed by atoms with Crippen LogP contribution in [-0.2, 0) is 11.2 Å². The molecule has 2 fully saturated rings. The number of thioether (sulfide) groups is 1. The van der Waals surface area contributed by atoms with Gasteiger partial charge in [0.15, 0.2) is 16.7 Å². The molecule has 7 heteroatoms. The lowest BCUT2D eigenvalue weighted by Crippen LogP contribution is -2.40. The quantitative estimate of drug-likeness (QED) is 0.406. The van der Waals surface area contributed by atoms with Gasteiger partial charge in [-0.1, -0.05) is 37.5 Å². The molecular formula is C26H27FN2O3S. The zero-order valence-electron chi connectivity index (χ0n) is 18.6. The number of nitrogens with zero attached hydrogens (tertiary/aromatic N) is 2. The van der Waals surface area contributed by atoms with Gasteiger partial charge in [0.1, 0.15) is 11.5 Å². The van der Waals surface area contributed by atoms with Crippen molar-refractivity contribution < 1.29 is 19.0 Å². The van der Waals surface area contributed by atoms with Crippen LogP contribution in [0.4, 0.5) is 10.1 Å². The molecule has 0 atom stereocenters. The molecule has 2 aromatic carbocycles. The SMILES string of the molecule is C=CCc1cc(/C=C2\SC(=Nc3ccccc3F)N(C3CCCCC3)C2=O)cc(OC)c1O. The van der Waals surface area contributed by atoms with E-state index < -0.39 is 5.82 Å². The second-order valence-corrected chi connectivity index (χ2v) is 9.16. The van der Waals surface area contributed by atoms with E-state index in [2.05, 4.69) is 11.6 Å². The molecule has 2 aliphatic rings. The van der Waals surface area contributed by atoms with Gasteiger partial charge < -0.3 is 9.84 Å². The van der Waals surface area contributed by atoms with Crippen molar-refractivity contribution in [2.75, 3.05) is 7.11 Å². The molecule has 1 heterocycles. The molecule has 1 aliphatic heterocycles. The molecule has 1 saturated heterocycles. The standard InChI is InChI=1S/C26H27FN2O3S/c1-3-9-18-14-17(15-22(32-2)24(18)30)16-23-25(31)29(19-10-5-4-6-11-19)26(33-23)28-21-13-8-7-12-20(21)27/h3,7-8,12-16,19,30H,1,4-6,9-11H2,2H3/b23-16-,28-26?. The van der Waals surface area contributed by atoms with Crippen LogP contribution in [0.3, 0.4) is 0 Å². The minimum absolute atomic E-state index is 0.0563. The third-order valence-electron chi connectivity index (χ3n) is 5.90. The Morgan fingerprint density at radius 3 is 2.73 bits per heavy atom. The number of allylic oxidation sites excluding steroid dienone is 1. The van der Waals surface area contributed by atoms with E-state index in [1.807, 2.05) is 6.07 Å².